The zero-order valence-corrected chi connectivity index (χ0v) is 10.4. The van der Waals surface area contributed by atoms with Crippen molar-refractivity contribution in [3.8, 4) is 0 Å². The van der Waals surface area contributed by atoms with Crippen LogP contribution in [-0.2, 0) is 9.53 Å². The summed E-state index contributed by atoms with van der Waals surface area (Å²) in [7, 11) is 0. The van der Waals surface area contributed by atoms with Gasteiger partial charge in [0, 0.05) is 26.2 Å². The van der Waals surface area contributed by atoms with E-state index in [1.807, 2.05) is 11.8 Å². The lowest BCUT2D eigenvalue weighted by molar-refractivity contribution is -0.137. The maximum absolute atomic E-state index is 12.2. The summed E-state index contributed by atoms with van der Waals surface area (Å²) in [6.07, 6.45) is 2.39. The summed E-state index contributed by atoms with van der Waals surface area (Å²) in [5.41, 5.74) is 0. The van der Waals surface area contributed by atoms with Crippen molar-refractivity contribution in [2.45, 2.75) is 44.4 Å². The first-order valence-corrected chi connectivity index (χ1v) is 6.52. The Morgan fingerprint density at radius 3 is 3.06 bits per heavy atom. The van der Waals surface area contributed by atoms with Gasteiger partial charge in [-0.1, -0.05) is 0 Å². The molecule has 1 amide bonds. The molecule has 5 heteroatoms. The Labute approximate surface area is 102 Å². The van der Waals surface area contributed by atoms with Gasteiger partial charge in [0.15, 0.2) is 0 Å². The Bertz CT molecular complexity index is 270. The molecule has 2 rings (SSSR count). The van der Waals surface area contributed by atoms with Crippen molar-refractivity contribution in [1.29, 1.82) is 0 Å². The van der Waals surface area contributed by atoms with Crippen LogP contribution in [0.25, 0.3) is 0 Å². The number of carbonyl (C=O) groups excluding carboxylic acids is 1. The van der Waals surface area contributed by atoms with Gasteiger partial charge in [0.25, 0.3) is 0 Å². The predicted molar refractivity (Wildman–Crippen MR) is 63.6 cm³/mol. The minimum Gasteiger partial charge on any atom is -0.392 e. The summed E-state index contributed by atoms with van der Waals surface area (Å²) in [4.78, 5) is 14.1. The van der Waals surface area contributed by atoms with Crippen LogP contribution in [0, 0.1) is 0 Å². The highest BCUT2D eigenvalue weighted by molar-refractivity contribution is 5.82. The number of carbonyl (C=O) groups is 1. The maximum atomic E-state index is 12.2. The van der Waals surface area contributed by atoms with Crippen LogP contribution >= 0.6 is 0 Å². The largest absolute Gasteiger partial charge is 0.392 e. The second-order valence-corrected chi connectivity index (χ2v) is 4.85. The Kier molecular flexibility index (Phi) is 4.36. The number of likely N-dealkylation sites (tertiary alicyclic amines) is 1. The van der Waals surface area contributed by atoms with E-state index in [1.54, 1.807) is 0 Å². The molecule has 0 aromatic carbocycles. The first kappa shape index (κ1) is 12.8. The minimum atomic E-state index is -0.378. The van der Waals surface area contributed by atoms with Gasteiger partial charge < -0.3 is 20.1 Å². The number of amides is 1. The molecule has 0 unspecified atom stereocenters. The maximum Gasteiger partial charge on any atom is 0.239 e. The molecule has 5 nitrogen and oxygen atoms in total. The van der Waals surface area contributed by atoms with Crippen LogP contribution in [0.1, 0.15) is 26.2 Å². The zero-order chi connectivity index (χ0) is 12.3. The lowest BCUT2D eigenvalue weighted by atomic mass is 10.1. The van der Waals surface area contributed by atoms with Crippen LogP contribution in [-0.4, -0.2) is 60.4 Å². The van der Waals surface area contributed by atoms with Crippen molar-refractivity contribution < 1.29 is 14.6 Å². The number of β-amino-alcohol motifs (C(OH)–C–C–N with tert-alkyl or cyclic N) is 1. The molecule has 0 aromatic heterocycles. The lowest BCUT2D eigenvalue weighted by Gasteiger charge is -2.34. The molecule has 2 aliphatic rings. The number of piperidine rings is 1. The van der Waals surface area contributed by atoms with E-state index < -0.39 is 0 Å². The highest BCUT2D eigenvalue weighted by Gasteiger charge is 2.33. The second kappa shape index (κ2) is 5.80. The molecule has 0 radical (unpaired) electrons. The number of aliphatic hydroxyl groups excluding tert-OH is 1. The molecule has 2 saturated heterocycles. The van der Waals surface area contributed by atoms with E-state index in [2.05, 4.69) is 5.32 Å². The highest BCUT2D eigenvalue weighted by atomic mass is 16.5. The van der Waals surface area contributed by atoms with Crippen molar-refractivity contribution >= 4 is 5.91 Å². The summed E-state index contributed by atoms with van der Waals surface area (Å²) in [5, 5.41) is 12.5. The van der Waals surface area contributed by atoms with Gasteiger partial charge in [0.05, 0.1) is 18.2 Å². The van der Waals surface area contributed by atoms with Crippen LogP contribution in [0.5, 0.6) is 0 Å². The van der Waals surface area contributed by atoms with Crippen molar-refractivity contribution in [3.63, 3.8) is 0 Å². The SMILES string of the molecule is CCO[C@@H]1CCCN(C(=O)[C@H]2C[C@H](O)CN2)C1. The third kappa shape index (κ3) is 3.18. The number of hydrogen-bond donors (Lipinski definition) is 2. The molecule has 3 atom stereocenters. The van der Waals surface area contributed by atoms with Crippen molar-refractivity contribution in [2.75, 3.05) is 26.2 Å². The normalized spacial score (nSPS) is 34.0. The monoisotopic (exact) mass is 242 g/mol. The molecule has 17 heavy (non-hydrogen) atoms. The van der Waals surface area contributed by atoms with E-state index >= 15 is 0 Å². The summed E-state index contributed by atoms with van der Waals surface area (Å²) in [5.74, 6) is 0.117. The van der Waals surface area contributed by atoms with E-state index in [4.69, 9.17) is 4.74 Å². The molecule has 2 N–H and O–H groups in total. The van der Waals surface area contributed by atoms with Gasteiger partial charge in [-0.25, -0.2) is 0 Å². The van der Waals surface area contributed by atoms with E-state index in [0.29, 0.717) is 26.1 Å². The first-order chi connectivity index (χ1) is 8.20. The summed E-state index contributed by atoms with van der Waals surface area (Å²) in [6.45, 7) is 4.72. The van der Waals surface area contributed by atoms with Crippen LogP contribution in [0.3, 0.4) is 0 Å². The average molecular weight is 242 g/mol. The number of rotatable bonds is 3. The standard InChI is InChI=1S/C12H22N2O3/c1-2-17-10-4-3-5-14(8-10)12(16)11-6-9(15)7-13-11/h9-11,13,15H,2-8H2,1H3/t9-,10+,11+/m0/s1. The summed E-state index contributed by atoms with van der Waals surface area (Å²) in [6, 6.07) is -0.203. The van der Waals surface area contributed by atoms with Gasteiger partial charge in [0.1, 0.15) is 0 Å². The van der Waals surface area contributed by atoms with Gasteiger partial charge in [-0.15, -0.1) is 0 Å². The molecule has 0 saturated carbocycles. The summed E-state index contributed by atoms with van der Waals surface area (Å²) < 4.78 is 5.58. The molecule has 0 aromatic rings. The quantitative estimate of drug-likeness (QED) is 0.715. The van der Waals surface area contributed by atoms with E-state index in [0.717, 1.165) is 19.4 Å². The third-order valence-corrected chi connectivity index (χ3v) is 3.50. The van der Waals surface area contributed by atoms with E-state index in [9.17, 15) is 9.90 Å². The number of aliphatic hydroxyl groups is 1. The van der Waals surface area contributed by atoms with Gasteiger partial charge >= 0.3 is 0 Å². The molecule has 2 fully saturated rings. The zero-order valence-electron chi connectivity index (χ0n) is 10.4. The Balaban J connectivity index is 1.86. The van der Waals surface area contributed by atoms with Crippen LogP contribution in [0.15, 0.2) is 0 Å². The predicted octanol–water partition coefficient (Wildman–Crippen LogP) is -0.263. The van der Waals surface area contributed by atoms with Crippen molar-refractivity contribution in [1.82, 2.24) is 10.2 Å². The van der Waals surface area contributed by atoms with Crippen LogP contribution in [0.4, 0.5) is 0 Å². The molecular formula is C12H22N2O3. The van der Waals surface area contributed by atoms with Crippen molar-refractivity contribution in [2.24, 2.45) is 0 Å². The molecule has 0 aliphatic carbocycles. The summed E-state index contributed by atoms with van der Waals surface area (Å²) >= 11 is 0. The highest BCUT2D eigenvalue weighted by Crippen LogP contribution is 2.16. The molecule has 2 heterocycles. The fraction of sp³-hybridized carbons (Fsp3) is 0.917. The fourth-order valence-electron chi connectivity index (χ4n) is 2.64. The number of hydrogen-bond acceptors (Lipinski definition) is 4. The Morgan fingerprint density at radius 2 is 2.41 bits per heavy atom. The first-order valence-electron chi connectivity index (χ1n) is 6.52. The molecular weight excluding hydrogens is 220 g/mol. The molecule has 0 spiro atoms. The Hall–Kier alpha value is -0.650. The topological polar surface area (TPSA) is 61.8 Å². The number of nitrogens with one attached hydrogen (secondary N) is 1. The Morgan fingerprint density at radius 1 is 1.59 bits per heavy atom. The third-order valence-electron chi connectivity index (χ3n) is 3.50. The minimum absolute atomic E-state index is 0.117. The van der Waals surface area contributed by atoms with Gasteiger partial charge in [-0.05, 0) is 26.2 Å². The molecule has 2 aliphatic heterocycles. The second-order valence-electron chi connectivity index (χ2n) is 4.85. The fourth-order valence-corrected chi connectivity index (χ4v) is 2.64. The number of nitrogens with zero attached hydrogens (tertiary/aromatic N) is 1. The van der Waals surface area contributed by atoms with Gasteiger partial charge in [0.2, 0.25) is 5.91 Å². The van der Waals surface area contributed by atoms with Crippen molar-refractivity contribution in [3.05, 3.63) is 0 Å². The lowest BCUT2D eigenvalue weighted by Crippen LogP contribution is -2.49. The smallest absolute Gasteiger partial charge is 0.239 e. The van der Waals surface area contributed by atoms with E-state index in [1.165, 1.54) is 0 Å². The van der Waals surface area contributed by atoms with Crippen LogP contribution in [0.2, 0.25) is 0 Å². The van der Waals surface area contributed by atoms with Gasteiger partial charge in [-0.3, -0.25) is 4.79 Å². The molecule has 98 valence electrons. The van der Waals surface area contributed by atoms with E-state index in [-0.39, 0.29) is 24.2 Å². The van der Waals surface area contributed by atoms with Gasteiger partial charge in [-0.2, -0.15) is 0 Å². The van der Waals surface area contributed by atoms with Crippen LogP contribution < -0.4 is 5.32 Å². The molecule has 0 bridgehead atoms. The number of ether oxygens (including phenoxy) is 1. The average Bonchev–Trinajstić information content (AvgIpc) is 2.76.